The van der Waals surface area contributed by atoms with Gasteiger partial charge in [-0.3, -0.25) is 20.4 Å². The molecule has 0 unspecified atom stereocenters. The normalized spacial score (nSPS) is 10.0. The summed E-state index contributed by atoms with van der Waals surface area (Å²) in [7, 11) is 1.44. The fourth-order valence-corrected chi connectivity index (χ4v) is 2.63. The van der Waals surface area contributed by atoms with Crippen LogP contribution in [0.3, 0.4) is 0 Å². The number of benzene rings is 2. The van der Waals surface area contributed by atoms with Crippen LogP contribution in [0.15, 0.2) is 53.4 Å². The van der Waals surface area contributed by atoms with Crippen LogP contribution in [0, 0.1) is 0 Å². The van der Waals surface area contributed by atoms with Gasteiger partial charge in [-0.2, -0.15) is 0 Å². The van der Waals surface area contributed by atoms with Crippen molar-refractivity contribution in [2.45, 2.75) is 4.90 Å². The van der Waals surface area contributed by atoms with Gasteiger partial charge in [-0.25, -0.2) is 0 Å². The number of ether oxygens (including phenoxy) is 1. The van der Waals surface area contributed by atoms with Crippen molar-refractivity contribution in [2.75, 3.05) is 12.9 Å². The summed E-state index contributed by atoms with van der Waals surface area (Å²) in [6.07, 6.45) is 0. The summed E-state index contributed by atoms with van der Waals surface area (Å²) < 4.78 is 5.10. The van der Waals surface area contributed by atoms with Crippen LogP contribution < -0.4 is 15.6 Å². The first kappa shape index (κ1) is 17.2. The molecule has 2 N–H and O–H groups in total. The number of carbonyl (C=O) groups excluding carboxylic acids is 2. The van der Waals surface area contributed by atoms with Gasteiger partial charge in [0.1, 0.15) is 5.75 Å². The molecule has 2 amide bonds. The first-order valence-electron chi connectivity index (χ1n) is 6.70. The fraction of sp³-hybridized carbons (Fsp3) is 0.125. The van der Waals surface area contributed by atoms with E-state index in [1.807, 2.05) is 30.3 Å². The minimum atomic E-state index is -0.475. The zero-order valence-electron chi connectivity index (χ0n) is 12.3. The third-order valence-electron chi connectivity index (χ3n) is 2.84. The Morgan fingerprint density at radius 1 is 1.13 bits per heavy atom. The highest BCUT2D eigenvalue weighted by Gasteiger charge is 2.13. The van der Waals surface area contributed by atoms with Crippen molar-refractivity contribution in [1.82, 2.24) is 10.9 Å². The maximum absolute atomic E-state index is 12.1. The van der Waals surface area contributed by atoms with E-state index in [0.717, 1.165) is 4.90 Å². The van der Waals surface area contributed by atoms with Gasteiger partial charge in [0.25, 0.3) is 5.91 Å². The Labute approximate surface area is 143 Å². The number of hydrogen-bond donors (Lipinski definition) is 2. The molecule has 7 heteroatoms. The lowest BCUT2D eigenvalue weighted by molar-refractivity contribution is -0.119. The Bertz CT molecular complexity index is 695. The van der Waals surface area contributed by atoms with E-state index in [1.165, 1.54) is 31.0 Å². The minimum absolute atomic E-state index is 0.196. The second-order valence-corrected chi connectivity index (χ2v) is 5.93. The lowest BCUT2D eigenvalue weighted by atomic mass is 10.2. The molecule has 0 spiro atoms. The molecule has 2 rings (SSSR count). The summed E-state index contributed by atoms with van der Waals surface area (Å²) in [4.78, 5) is 24.8. The summed E-state index contributed by atoms with van der Waals surface area (Å²) in [6, 6.07) is 14.2. The number of halogens is 1. The summed E-state index contributed by atoms with van der Waals surface area (Å²) in [5.41, 5.74) is 5.01. The SMILES string of the molecule is COc1cc(Cl)ccc1C(=O)NNC(=O)CSc1ccccc1. The maximum Gasteiger partial charge on any atom is 0.273 e. The van der Waals surface area contributed by atoms with Gasteiger partial charge in [-0.05, 0) is 30.3 Å². The molecule has 0 aliphatic heterocycles. The van der Waals surface area contributed by atoms with Crippen molar-refractivity contribution in [1.29, 1.82) is 0 Å². The smallest absolute Gasteiger partial charge is 0.273 e. The maximum atomic E-state index is 12.1. The van der Waals surface area contributed by atoms with E-state index in [-0.39, 0.29) is 17.2 Å². The predicted molar refractivity (Wildman–Crippen MR) is 90.8 cm³/mol. The molecule has 0 aliphatic carbocycles. The standard InChI is InChI=1S/C16H15ClN2O3S/c1-22-14-9-11(17)7-8-13(14)16(21)19-18-15(20)10-23-12-5-3-2-4-6-12/h2-9H,10H2,1H3,(H,18,20)(H,19,21). The molecule has 0 radical (unpaired) electrons. The Morgan fingerprint density at radius 2 is 1.87 bits per heavy atom. The average molecular weight is 351 g/mol. The van der Waals surface area contributed by atoms with E-state index in [2.05, 4.69) is 10.9 Å². The van der Waals surface area contributed by atoms with Crippen molar-refractivity contribution in [3.8, 4) is 5.75 Å². The van der Waals surface area contributed by atoms with Crippen LogP contribution in [-0.2, 0) is 4.79 Å². The van der Waals surface area contributed by atoms with Gasteiger partial charge in [0, 0.05) is 9.92 Å². The quantitative estimate of drug-likeness (QED) is 0.642. The first-order valence-corrected chi connectivity index (χ1v) is 8.07. The number of hydrogen-bond acceptors (Lipinski definition) is 4. The number of methoxy groups -OCH3 is 1. The first-order chi connectivity index (χ1) is 11.1. The van der Waals surface area contributed by atoms with Crippen molar-refractivity contribution in [2.24, 2.45) is 0 Å². The summed E-state index contributed by atoms with van der Waals surface area (Å²) >= 11 is 7.22. The monoisotopic (exact) mass is 350 g/mol. The predicted octanol–water partition coefficient (Wildman–Crippen LogP) is 2.90. The van der Waals surface area contributed by atoms with Crippen LogP contribution in [0.4, 0.5) is 0 Å². The second-order valence-electron chi connectivity index (χ2n) is 4.45. The van der Waals surface area contributed by atoms with E-state index in [9.17, 15) is 9.59 Å². The van der Waals surface area contributed by atoms with Crippen LogP contribution in [0.25, 0.3) is 0 Å². The Kier molecular flexibility index (Phi) is 6.31. The van der Waals surface area contributed by atoms with Gasteiger partial charge in [-0.15, -0.1) is 11.8 Å². The van der Waals surface area contributed by atoms with Gasteiger partial charge in [0.05, 0.1) is 18.4 Å². The highest BCUT2D eigenvalue weighted by Crippen LogP contribution is 2.22. The number of amides is 2. The fourth-order valence-electron chi connectivity index (χ4n) is 1.75. The van der Waals surface area contributed by atoms with E-state index in [1.54, 1.807) is 6.07 Å². The molecule has 0 bridgehead atoms. The number of carbonyl (C=O) groups is 2. The van der Waals surface area contributed by atoms with E-state index >= 15 is 0 Å². The molecule has 0 saturated heterocycles. The Morgan fingerprint density at radius 3 is 2.57 bits per heavy atom. The van der Waals surface area contributed by atoms with E-state index in [4.69, 9.17) is 16.3 Å². The second kappa shape index (κ2) is 8.45. The van der Waals surface area contributed by atoms with Crippen molar-refractivity contribution >= 4 is 35.2 Å². The third kappa shape index (κ3) is 5.19. The van der Waals surface area contributed by atoms with E-state index < -0.39 is 5.91 Å². The molecule has 0 heterocycles. The molecular weight excluding hydrogens is 336 g/mol. The van der Waals surface area contributed by atoms with Crippen molar-refractivity contribution in [3.63, 3.8) is 0 Å². The van der Waals surface area contributed by atoms with Gasteiger partial charge < -0.3 is 4.74 Å². The van der Waals surface area contributed by atoms with Gasteiger partial charge >= 0.3 is 0 Å². The minimum Gasteiger partial charge on any atom is -0.496 e. The summed E-state index contributed by atoms with van der Waals surface area (Å²) in [5, 5.41) is 0.460. The number of thioether (sulfide) groups is 1. The molecule has 0 atom stereocenters. The molecule has 0 aromatic heterocycles. The zero-order chi connectivity index (χ0) is 16.7. The number of hydrazine groups is 1. The van der Waals surface area contributed by atoms with Crippen LogP contribution >= 0.6 is 23.4 Å². The van der Waals surface area contributed by atoms with Crippen LogP contribution in [-0.4, -0.2) is 24.7 Å². The third-order valence-corrected chi connectivity index (χ3v) is 4.08. The topological polar surface area (TPSA) is 67.4 Å². The zero-order valence-corrected chi connectivity index (χ0v) is 13.9. The van der Waals surface area contributed by atoms with Crippen molar-refractivity contribution in [3.05, 3.63) is 59.1 Å². The highest BCUT2D eigenvalue weighted by molar-refractivity contribution is 8.00. The number of rotatable bonds is 5. The molecule has 0 aliphatic rings. The average Bonchev–Trinajstić information content (AvgIpc) is 2.58. The van der Waals surface area contributed by atoms with Crippen molar-refractivity contribution < 1.29 is 14.3 Å². The Hall–Kier alpha value is -2.18. The molecule has 0 fully saturated rings. The summed E-state index contributed by atoms with van der Waals surface area (Å²) in [6.45, 7) is 0. The molecular formula is C16H15ClN2O3S. The van der Waals surface area contributed by atoms with Gasteiger partial charge in [0.2, 0.25) is 5.91 Å². The number of nitrogens with one attached hydrogen (secondary N) is 2. The largest absolute Gasteiger partial charge is 0.496 e. The molecule has 0 saturated carbocycles. The lowest BCUT2D eigenvalue weighted by Gasteiger charge is -2.10. The molecule has 2 aromatic carbocycles. The highest BCUT2D eigenvalue weighted by atomic mass is 35.5. The van der Waals surface area contributed by atoms with Gasteiger partial charge in [-0.1, -0.05) is 29.8 Å². The van der Waals surface area contributed by atoms with Crippen LogP contribution in [0.2, 0.25) is 5.02 Å². The van der Waals surface area contributed by atoms with Crippen LogP contribution in [0.1, 0.15) is 10.4 Å². The lowest BCUT2D eigenvalue weighted by Crippen LogP contribution is -2.42. The summed E-state index contributed by atoms with van der Waals surface area (Å²) in [5.74, 6) is -0.248. The van der Waals surface area contributed by atoms with Gasteiger partial charge in [0.15, 0.2) is 0 Å². The molecule has 120 valence electrons. The molecule has 2 aromatic rings. The van der Waals surface area contributed by atoms with Crippen LogP contribution in [0.5, 0.6) is 5.75 Å². The molecule has 23 heavy (non-hydrogen) atoms. The van der Waals surface area contributed by atoms with E-state index in [0.29, 0.717) is 10.8 Å². The molecule has 5 nitrogen and oxygen atoms in total. The Balaban J connectivity index is 1.85.